The van der Waals surface area contributed by atoms with Gasteiger partial charge in [-0.3, -0.25) is 4.79 Å². The highest BCUT2D eigenvalue weighted by Crippen LogP contribution is 2.40. The van der Waals surface area contributed by atoms with Gasteiger partial charge in [0.25, 0.3) is 5.91 Å². The SMILES string of the molecule is Cc1ccc(N[C@@H]2C[C@H](C)N(C(=O)c3cccc(F)c3)c3ccc(C)cc32)cc1. The van der Waals surface area contributed by atoms with Crippen molar-refractivity contribution in [1.82, 2.24) is 0 Å². The predicted octanol–water partition coefficient (Wildman–Crippen LogP) is 6.03. The van der Waals surface area contributed by atoms with Gasteiger partial charge in [0, 0.05) is 23.0 Å². The van der Waals surface area contributed by atoms with Gasteiger partial charge in [0.2, 0.25) is 0 Å². The van der Waals surface area contributed by atoms with Gasteiger partial charge in [-0.05, 0) is 69.2 Å². The Morgan fingerprint density at radius 2 is 1.72 bits per heavy atom. The Morgan fingerprint density at radius 3 is 2.45 bits per heavy atom. The molecule has 1 aliphatic heterocycles. The lowest BCUT2D eigenvalue weighted by molar-refractivity contribution is 0.0973. The lowest BCUT2D eigenvalue weighted by atomic mass is 9.89. The van der Waals surface area contributed by atoms with Gasteiger partial charge >= 0.3 is 0 Å². The van der Waals surface area contributed by atoms with Crippen molar-refractivity contribution in [2.75, 3.05) is 10.2 Å². The van der Waals surface area contributed by atoms with Crippen LogP contribution in [0.25, 0.3) is 0 Å². The lowest BCUT2D eigenvalue weighted by Gasteiger charge is -2.40. The summed E-state index contributed by atoms with van der Waals surface area (Å²) in [4.78, 5) is 15.1. The number of hydrogen-bond donors (Lipinski definition) is 1. The molecule has 3 nitrogen and oxygen atoms in total. The second kappa shape index (κ2) is 7.70. The number of carbonyl (C=O) groups is 1. The summed E-state index contributed by atoms with van der Waals surface area (Å²) >= 11 is 0. The van der Waals surface area contributed by atoms with E-state index in [1.54, 1.807) is 17.0 Å². The van der Waals surface area contributed by atoms with E-state index in [0.717, 1.165) is 28.9 Å². The summed E-state index contributed by atoms with van der Waals surface area (Å²) < 4.78 is 13.7. The molecule has 0 fully saturated rings. The van der Waals surface area contributed by atoms with Gasteiger partial charge in [-0.25, -0.2) is 4.39 Å². The molecular formula is C25H25FN2O. The average Bonchev–Trinajstić information content (AvgIpc) is 2.70. The largest absolute Gasteiger partial charge is 0.378 e. The van der Waals surface area contributed by atoms with Crippen LogP contribution >= 0.6 is 0 Å². The second-order valence-electron chi connectivity index (χ2n) is 7.90. The van der Waals surface area contributed by atoms with Crippen LogP contribution in [-0.2, 0) is 0 Å². The van der Waals surface area contributed by atoms with E-state index in [9.17, 15) is 9.18 Å². The lowest BCUT2D eigenvalue weighted by Crippen LogP contribution is -2.44. The molecule has 2 atom stereocenters. The zero-order valence-electron chi connectivity index (χ0n) is 16.9. The van der Waals surface area contributed by atoms with Crippen LogP contribution in [0.15, 0.2) is 66.7 Å². The van der Waals surface area contributed by atoms with E-state index in [0.29, 0.717) is 5.56 Å². The normalized spacial score (nSPS) is 18.3. The maximum atomic E-state index is 13.7. The number of aryl methyl sites for hydroxylation is 2. The smallest absolute Gasteiger partial charge is 0.258 e. The molecule has 148 valence electrons. The maximum absolute atomic E-state index is 13.7. The summed E-state index contributed by atoms with van der Waals surface area (Å²) in [5.41, 5.74) is 5.77. The van der Waals surface area contributed by atoms with Gasteiger partial charge in [-0.2, -0.15) is 0 Å². The van der Waals surface area contributed by atoms with Gasteiger partial charge in [0.1, 0.15) is 5.82 Å². The van der Waals surface area contributed by atoms with Gasteiger partial charge in [-0.1, -0.05) is 41.5 Å². The van der Waals surface area contributed by atoms with Crippen molar-refractivity contribution in [3.63, 3.8) is 0 Å². The molecular weight excluding hydrogens is 363 g/mol. The van der Waals surface area contributed by atoms with Crippen molar-refractivity contribution in [3.8, 4) is 0 Å². The Morgan fingerprint density at radius 1 is 1.00 bits per heavy atom. The van der Waals surface area contributed by atoms with Gasteiger partial charge in [-0.15, -0.1) is 0 Å². The molecule has 0 bridgehead atoms. The predicted molar refractivity (Wildman–Crippen MR) is 116 cm³/mol. The number of nitrogens with one attached hydrogen (secondary N) is 1. The van der Waals surface area contributed by atoms with Crippen molar-refractivity contribution in [2.24, 2.45) is 0 Å². The molecule has 1 heterocycles. The van der Waals surface area contributed by atoms with Crippen LogP contribution in [0.1, 0.15) is 46.4 Å². The third-order valence-corrected chi connectivity index (χ3v) is 5.52. The molecule has 0 spiro atoms. The number of amides is 1. The van der Waals surface area contributed by atoms with E-state index in [4.69, 9.17) is 0 Å². The zero-order valence-corrected chi connectivity index (χ0v) is 16.9. The first kappa shape index (κ1) is 19.2. The van der Waals surface area contributed by atoms with Crippen LogP contribution in [0.3, 0.4) is 0 Å². The monoisotopic (exact) mass is 388 g/mol. The number of nitrogens with zero attached hydrogens (tertiary/aromatic N) is 1. The van der Waals surface area contributed by atoms with Crippen molar-refractivity contribution >= 4 is 17.3 Å². The molecule has 1 amide bonds. The summed E-state index contributed by atoms with van der Waals surface area (Å²) in [6.07, 6.45) is 0.769. The number of anilines is 2. The molecule has 3 aromatic carbocycles. The van der Waals surface area contributed by atoms with Crippen molar-refractivity contribution < 1.29 is 9.18 Å². The Labute approximate surface area is 171 Å². The quantitative estimate of drug-likeness (QED) is 0.594. The molecule has 0 saturated heterocycles. The van der Waals surface area contributed by atoms with Crippen LogP contribution in [0, 0.1) is 19.7 Å². The minimum atomic E-state index is -0.399. The molecule has 1 N–H and O–H groups in total. The fourth-order valence-corrected chi connectivity index (χ4v) is 4.04. The molecule has 1 aliphatic rings. The third kappa shape index (κ3) is 3.88. The van der Waals surface area contributed by atoms with E-state index in [-0.39, 0.29) is 18.0 Å². The van der Waals surface area contributed by atoms with E-state index < -0.39 is 5.82 Å². The van der Waals surface area contributed by atoms with E-state index in [1.807, 2.05) is 19.1 Å². The zero-order chi connectivity index (χ0) is 20.5. The summed E-state index contributed by atoms with van der Waals surface area (Å²) in [7, 11) is 0. The van der Waals surface area contributed by atoms with E-state index >= 15 is 0 Å². The van der Waals surface area contributed by atoms with Crippen molar-refractivity contribution in [3.05, 3.63) is 94.8 Å². The standard InChI is InChI=1S/C25H25FN2O/c1-16-7-10-21(11-8-16)27-23-14-18(3)28(24-12-9-17(2)13-22(23)24)25(29)19-5-4-6-20(26)15-19/h4-13,15,18,23,27H,14H2,1-3H3/t18-,23+/m0/s1. The minimum absolute atomic E-state index is 0.0241. The number of carbonyl (C=O) groups excluding carboxylic acids is 1. The van der Waals surface area contributed by atoms with E-state index in [2.05, 4.69) is 49.5 Å². The maximum Gasteiger partial charge on any atom is 0.258 e. The third-order valence-electron chi connectivity index (χ3n) is 5.52. The Hall–Kier alpha value is -3.14. The highest BCUT2D eigenvalue weighted by atomic mass is 19.1. The highest BCUT2D eigenvalue weighted by Gasteiger charge is 2.34. The highest BCUT2D eigenvalue weighted by molar-refractivity contribution is 6.07. The second-order valence-corrected chi connectivity index (χ2v) is 7.90. The van der Waals surface area contributed by atoms with Gasteiger partial charge < -0.3 is 10.2 Å². The number of rotatable bonds is 3. The molecule has 3 aromatic rings. The van der Waals surface area contributed by atoms with Crippen LogP contribution in [-0.4, -0.2) is 11.9 Å². The summed E-state index contributed by atoms with van der Waals surface area (Å²) in [6.45, 7) is 6.17. The number of hydrogen-bond acceptors (Lipinski definition) is 2. The summed E-state index contributed by atoms with van der Waals surface area (Å²) in [5, 5.41) is 3.63. The Balaban J connectivity index is 1.71. The summed E-state index contributed by atoms with van der Waals surface area (Å²) in [6, 6.07) is 20.5. The van der Waals surface area contributed by atoms with Crippen LogP contribution in [0.5, 0.6) is 0 Å². The first-order valence-corrected chi connectivity index (χ1v) is 9.95. The molecule has 0 aromatic heterocycles. The van der Waals surface area contributed by atoms with Gasteiger partial charge in [0.05, 0.1) is 6.04 Å². The Bertz CT molecular complexity index is 1040. The first-order chi connectivity index (χ1) is 13.9. The fraction of sp³-hybridized carbons (Fsp3) is 0.240. The molecule has 4 rings (SSSR count). The molecule has 0 unspecified atom stereocenters. The van der Waals surface area contributed by atoms with Crippen molar-refractivity contribution in [1.29, 1.82) is 0 Å². The number of benzene rings is 3. The number of fused-ring (bicyclic) bond motifs is 1. The van der Waals surface area contributed by atoms with Crippen LogP contribution in [0.4, 0.5) is 15.8 Å². The molecule has 29 heavy (non-hydrogen) atoms. The minimum Gasteiger partial charge on any atom is -0.378 e. The summed E-state index contributed by atoms with van der Waals surface area (Å²) in [5.74, 6) is -0.570. The number of halogens is 1. The Kier molecular flexibility index (Phi) is 5.10. The fourth-order valence-electron chi connectivity index (χ4n) is 4.04. The molecule has 0 saturated carbocycles. The van der Waals surface area contributed by atoms with Gasteiger partial charge in [0.15, 0.2) is 0 Å². The molecule has 0 radical (unpaired) electrons. The van der Waals surface area contributed by atoms with Crippen molar-refractivity contribution in [2.45, 2.75) is 39.3 Å². The first-order valence-electron chi connectivity index (χ1n) is 9.95. The van der Waals surface area contributed by atoms with E-state index in [1.165, 1.54) is 17.7 Å². The molecule has 0 aliphatic carbocycles. The average molecular weight is 388 g/mol. The van der Waals surface area contributed by atoms with Crippen LogP contribution < -0.4 is 10.2 Å². The molecule has 4 heteroatoms. The van der Waals surface area contributed by atoms with Crippen LogP contribution in [0.2, 0.25) is 0 Å². The topological polar surface area (TPSA) is 32.3 Å².